The van der Waals surface area contributed by atoms with Crippen molar-refractivity contribution in [1.29, 1.82) is 0 Å². The Morgan fingerprint density at radius 3 is 2.61 bits per heavy atom. The molecule has 1 aromatic carbocycles. The van der Waals surface area contributed by atoms with Gasteiger partial charge in [0.25, 0.3) is 0 Å². The minimum Gasteiger partial charge on any atom is -0.463 e. The van der Waals surface area contributed by atoms with Crippen molar-refractivity contribution in [3.63, 3.8) is 0 Å². The van der Waals surface area contributed by atoms with Gasteiger partial charge in [-0.2, -0.15) is 0 Å². The molecule has 2 aromatic rings. The molecule has 176 valence electrons. The molecule has 1 amide bonds. The molecule has 0 N–H and O–H groups in total. The number of likely N-dealkylation sites (N-methyl/N-ethyl adjacent to an activating group) is 1. The molecule has 2 aliphatic heterocycles. The molecule has 2 aliphatic rings. The summed E-state index contributed by atoms with van der Waals surface area (Å²) in [6, 6.07) is 10.0. The first-order valence-corrected chi connectivity index (χ1v) is 12.3. The largest absolute Gasteiger partial charge is 0.463 e. The minimum atomic E-state index is -0.169. The van der Waals surface area contributed by atoms with Crippen LogP contribution >= 0.6 is 15.9 Å². The molecule has 7 heteroatoms. The SMILES string of the molecule is CN1c2ccc(Br)cc2C2[C@H](CCN2C(=O)Cc2ccncc2)[C@@H]1COC(=O)CC(C)(C)C. The van der Waals surface area contributed by atoms with E-state index in [1.54, 1.807) is 12.4 Å². The van der Waals surface area contributed by atoms with E-state index in [2.05, 4.69) is 45.0 Å². The van der Waals surface area contributed by atoms with Gasteiger partial charge in [-0.15, -0.1) is 0 Å². The van der Waals surface area contributed by atoms with Crippen molar-refractivity contribution in [2.45, 2.75) is 52.1 Å². The number of hydrogen-bond donors (Lipinski definition) is 0. The Balaban J connectivity index is 1.59. The summed E-state index contributed by atoms with van der Waals surface area (Å²) in [4.78, 5) is 34.1. The molecule has 0 saturated carbocycles. The smallest absolute Gasteiger partial charge is 0.306 e. The molecule has 1 saturated heterocycles. The normalized spacial score (nSPS) is 22.0. The first kappa shape index (κ1) is 23.7. The summed E-state index contributed by atoms with van der Waals surface area (Å²) >= 11 is 3.61. The number of benzene rings is 1. The summed E-state index contributed by atoms with van der Waals surface area (Å²) in [5, 5.41) is 0. The highest BCUT2D eigenvalue weighted by Gasteiger charge is 2.48. The summed E-state index contributed by atoms with van der Waals surface area (Å²) in [6.45, 7) is 7.14. The third-order valence-electron chi connectivity index (χ3n) is 6.64. The van der Waals surface area contributed by atoms with Gasteiger partial charge in [0.05, 0.1) is 24.9 Å². The van der Waals surface area contributed by atoms with E-state index in [-0.39, 0.29) is 35.3 Å². The zero-order chi connectivity index (χ0) is 23.8. The van der Waals surface area contributed by atoms with E-state index >= 15 is 0 Å². The molecule has 33 heavy (non-hydrogen) atoms. The number of anilines is 1. The van der Waals surface area contributed by atoms with E-state index in [4.69, 9.17) is 4.74 Å². The first-order valence-electron chi connectivity index (χ1n) is 11.5. The van der Waals surface area contributed by atoms with Crippen molar-refractivity contribution in [3.05, 3.63) is 58.3 Å². The predicted octanol–water partition coefficient (Wildman–Crippen LogP) is 4.77. The summed E-state index contributed by atoms with van der Waals surface area (Å²) in [7, 11) is 2.06. The van der Waals surface area contributed by atoms with Gasteiger partial charge < -0.3 is 14.5 Å². The number of halogens is 1. The number of rotatable bonds is 5. The first-order chi connectivity index (χ1) is 15.6. The molecule has 0 radical (unpaired) electrons. The van der Waals surface area contributed by atoms with Gasteiger partial charge in [-0.3, -0.25) is 14.6 Å². The van der Waals surface area contributed by atoms with Crippen LogP contribution in [0.25, 0.3) is 0 Å². The Morgan fingerprint density at radius 1 is 1.18 bits per heavy atom. The molecule has 1 fully saturated rings. The monoisotopic (exact) mass is 513 g/mol. The van der Waals surface area contributed by atoms with Crippen LogP contribution < -0.4 is 4.90 Å². The molecule has 3 atom stereocenters. The van der Waals surface area contributed by atoms with Crippen molar-refractivity contribution < 1.29 is 14.3 Å². The van der Waals surface area contributed by atoms with E-state index in [1.807, 2.05) is 43.9 Å². The number of hydrogen-bond acceptors (Lipinski definition) is 5. The Hall–Kier alpha value is -2.41. The third kappa shape index (κ3) is 5.24. The number of ether oxygens (including phenoxy) is 1. The van der Waals surface area contributed by atoms with Crippen LogP contribution in [0.5, 0.6) is 0 Å². The maximum absolute atomic E-state index is 13.4. The van der Waals surface area contributed by atoms with E-state index in [9.17, 15) is 9.59 Å². The molecule has 1 unspecified atom stereocenters. The minimum absolute atomic E-state index is 0.0197. The highest BCUT2D eigenvalue weighted by atomic mass is 79.9. The van der Waals surface area contributed by atoms with Gasteiger partial charge in [0, 0.05) is 42.1 Å². The van der Waals surface area contributed by atoms with Crippen LogP contribution in [0, 0.1) is 11.3 Å². The van der Waals surface area contributed by atoms with E-state index in [0.29, 0.717) is 26.0 Å². The topological polar surface area (TPSA) is 62.7 Å². The van der Waals surface area contributed by atoms with Gasteiger partial charge in [0.2, 0.25) is 5.91 Å². The number of carbonyl (C=O) groups is 2. The number of pyridine rings is 1. The van der Waals surface area contributed by atoms with Gasteiger partial charge in [-0.05, 0) is 53.3 Å². The second-order valence-corrected chi connectivity index (χ2v) is 11.2. The second-order valence-electron chi connectivity index (χ2n) is 10.3. The molecule has 0 aliphatic carbocycles. The number of carbonyl (C=O) groups excluding carboxylic acids is 2. The summed E-state index contributed by atoms with van der Waals surface area (Å²) in [5.74, 6) is 0.144. The van der Waals surface area contributed by atoms with E-state index in [1.165, 1.54) is 0 Å². The molecule has 0 spiro atoms. The van der Waals surface area contributed by atoms with Crippen LogP contribution in [0.15, 0.2) is 47.2 Å². The molecule has 3 heterocycles. The second kappa shape index (κ2) is 9.45. The van der Waals surface area contributed by atoms with E-state index < -0.39 is 0 Å². The summed E-state index contributed by atoms with van der Waals surface area (Å²) in [5.41, 5.74) is 3.09. The van der Waals surface area contributed by atoms with Crippen LogP contribution in [-0.2, 0) is 20.7 Å². The highest BCUT2D eigenvalue weighted by molar-refractivity contribution is 9.10. The maximum Gasteiger partial charge on any atom is 0.306 e. The maximum atomic E-state index is 13.4. The standard InChI is InChI=1S/C26H32BrN3O3/c1-26(2,3)15-24(32)33-16-22-19-9-12-30(23(31)13-17-7-10-28-11-8-17)25(19)20-14-18(27)5-6-21(20)29(22)4/h5-8,10-11,14,19,22,25H,9,12-13,15-16H2,1-4H3/t19-,22+,25?/m1/s1. The van der Waals surface area contributed by atoms with Crippen molar-refractivity contribution in [3.8, 4) is 0 Å². The van der Waals surface area contributed by atoms with Crippen LogP contribution in [-0.4, -0.2) is 48.0 Å². The Bertz CT molecular complexity index is 1020. The van der Waals surface area contributed by atoms with Gasteiger partial charge in [0.15, 0.2) is 0 Å². The van der Waals surface area contributed by atoms with Crippen LogP contribution in [0.1, 0.15) is 50.8 Å². The zero-order valence-electron chi connectivity index (χ0n) is 19.8. The third-order valence-corrected chi connectivity index (χ3v) is 7.13. The fourth-order valence-electron chi connectivity index (χ4n) is 5.12. The van der Waals surface area contributed by atoms with Gasteiger partial charge in [-0.1, -0.05) is 36.7 Å². The molecule has 6 nitrogen and oxygen atoms in total. The number of esters is 1. The summed E-state index contributed by atoms with van der Waals surface area (Å²) < 4.78 is 6.76. The summed E-state index contributed by atoms with van der Waals surface area (Å²) in [6.07, 6.45) is 5.07. The van der Waals surface area contributed by atoms with E-state index in [0.717, 1.165) is 27.7 Å². The van der Waals surface area contributed by atoms with Gasteiger partial charge in [0.1, 0.15) is 6.61 Å². The molecule has 4 rings (SSSR count). The Kier molecular flexibility index (Phi) is 6.80. The van der Waals surface area contributed by atoms with Crippen molar-refractivity contribution in [1.82, 2.24) is 9.88 Å². The lowest BCUT2D eigenvalue weighted by atomic mass is 9.82. The fourth-order valence-corrected chi connectivity index (χ4v) is 5.50. The highest BCUT2D eigenvalue weighted by Crippen LogP contribution is 2.49. The average molecular weight is 514 g/mol. The average Bonchev–Trinajstić information content (AvgIpc) is 3.18. The fraction of sp³-hybridized carbons (Fsp3) is 0.500. The van der Waals surface area contributed by atoms with Crippen LogP contribution in [0.2, 0.25) is 0 Å². The molecule has 0 bridgehead atoms. The Labute approximate surface area is 204 Å². The van der Waals surface area contributed by atoms with Crippen molar-refractivity contribution in [2.24, 2.45) is 11.3 Å². The van der Waals surface area contributed by atoms with Crippen LogP contribution in [0.4, 0.5) is 5.69 Å². The molecular weight excluding hydrogens is 482 g/mol. The predicted molar refractivity (Wildman–Crippen MR) is 132 cm³/mol. The van der Waals surface area contributed by atoms with Crippen molar-refractivity contribution in [2.75, 3.05) is 25.1 Å². The van der Waals surface area contributed by atoms with Crippen LogP contribution in [0.3, 0.4) is 0 Å². The van der Waals surface area contributed by atoms with Gasteiger partial charge in [-0.25, -0.2) is 0 Å². The lowest BCUT2D eigenvalue weighted by molar-refractivity contribution is -0.147. The quantitative estimate of drug-likeness (QED) is 0.538. The van der Waals surface area contributed by atoms with Gasteiger partial charge >= 0.3 is 5.97 Å². The number of likely N-dealkylation sites (tertiary alicyclic amines) is 1. The lowest BCUT2D eigenvalue weighted by Crippen LogP contribution is -2.49. The number of fused-ring (bicyclic) bond motifs is 3. The number of amides is 1. The molecular formula is C26H32BrN3O3. The lowest BCUT2D eigenvalue weighted by Gasteiger charge is -2.45. The number of aromatic nitrogens is 1. The number of nitrogens with zero attached hydrogens (tertiary/aromatic N) is 3. The molecule has 1 aromatic heterocycles. The Morgan fingerprint density at radius 2 is 1.91 bits per heavy atom. The zero-order valence-corrected chi connectivity index (χ0v) is 21.3. The van der Waals surface area contributed by atoms with Crippen molar-refractivity contribution >= 4 is 33.5 Å².